The Balaban J connectivity index is 2.15. The molecule has 0 saturated heterocycles. The Hall–Kier alpha value is -1.26. The quantitative estimate of drug-likeness (QED) is 0.825. The van der Waals surface area contributed by atoms with Crippen molar-refractivity contribution in [3.8, 4) is 0 Å². The van der Waals surface area contributed by atoms with Crippen molar-refractivity contribution < 1.29 is 0 Å². The summed E-state index contributed by atoms with van der Waals surface area (Å²) in [5.74, 6) is 0. The lowest BCUT2D eigenvalue weighted by Gasteiger charge is -2.24. The summed E-state index contributed by atoms with van der Waals surface area (Å²) in [4.78, 5) is 4.40. The molecular formula is C16H23N3S. The number of thioether (sulfide) groups is 1. The zero-order chi connectivity index (χ0) is 14.5. The summed E-state index contributed by atoms with van der Waals surface area (Å²) in [5.41, 5.74) is 2.64. The Labute approximate surface area is 125 Å². The lowest BCUT2D eigenvalue weighted by molar-refractivity contribution is 0.546. The fraction of sp³-hybridized carbons (Fsp3) is 0.438. The minimum Gasteiger partial charge on any atom is -0.329 e. The van der Waals surface area contributed by atoms with E-state index in [1.54, 1.807) is 0 Å². The number of benzene rings is 1. The fourth-order valence-electron chi connectivity index (χ4n) is 2.25. The third-order valence-electron chi connectivity index (χ3n) is 3.40. The Kier molecular flexibility index (Phi) is 5.26. The van der Waals surface area contributed by atoms with Gasteiger partial charge in [0.25, 0.3) is 0 Å². The van der Waals surface area contributed by atoms with Crippen LogP contribution in [0.25, 0.3) is 0 Å². The average Bonchev–Trinajstić information content (AvgIpc) is 2.83. The second-order valence-electron chi connectivity index (χ2n) is 5.09. The molecule has 1 aromatic heterocycles. The van der Waals surface area contributed by atoms with Crippen LogP contribution in [0.4, 0.5) is 0 Å². The van der Waals surface area contributed by atoms with Crippen LogP contribution >= 0.6 is 11.8 Å². The molecule has 1 aromatic carbocycles. The first kappa shape index (κ1) is 15.1. The topological polar surface area (TPSA) is 29.9 Å². The second kappa shape index (κ2) is 6.95. The molecule has 2 unspecified atom stereocenters. The maximum absolute atomic E-state index is 4.40. The number of nitrogens with zero attached hydrogens (tertiary/aromatic N) is 2. The van der Waals surface area contributed by atoms with E-state index in [2.05, 4.69) is 59.9 Å². The SMILES string of the molecule is CCNC(c1ccc(C)cc1)C(C)Sc1nccn1C. The minimum atomic E-state index is 0.335. The molecule has 2 aromatic rings. The van der Waals surface area contributed by atoms with Gasteiger partial charge < -0.3 is 9.88 Å². The van der Waals surface area contributed by atoms with Crippen molar-refractivity contribution in [2.75, 3.05) is 6.54 Å². The number of hydrogen-bond donors (Lipinski definition) is 1. The summed E-state index contributed by atoms with van der Waals surface area (Å²) in [6.45, 7) is 7.49. The maximum atomic E-state index is 4.40. The Morgan fingerprint density at radius 2 is 2.00 bits per heavy atom. The number of nitrogens with one attached hydrogen (secondary N) is 1. The summed E-state index contributed by atoms with van der Waals surface area (Å²) in [6.07, 6.45) is 3.84. The molecule has 0 bridgehead atoms. The van der Waals surface area contributed by atoms with Gasteiger partial charge in [-0.2, -0.15) is 0 Å². The van der Waals surface area contributed by atoms with Crippen LogP contribution in [0.2, 0.25) is 0 Å². The zero-order valence-electron chi connectivity index (χ0n) is 12.6. The van der Waals surface area contributed by atoms with Crippen molar-refractivity contribution in [1.82, 2.24) is 14.9 Å². The lowest BCUT2D eigenvalue weighted by atomic mass is 10.0. The molecule has 1 heterocycles. The maximum Gasteiger partial charge on any atom is 0.167 e. The van der Waals surface area contributed by atoms with Crippen LogP contribution in [0.1, 0.15) is 31.0 Å². The van der Waals surface area contributed by atoms with Crippen LogP contribution in [-0.4, -0.2) is 21.3 Å². The smallest absolute Gasteiger partial charge is 0.167 e. The number of hydrogen-bond acceptors (Lipinski definition) is 3. The first-order chi connectivity index (χ1) is 9.61. The van der Waals surface area contributed by atoms with Gasteiger partial charge in [0.05, 0.1) is 0 Å². The van der Waals surface area contributed by atoms with E-state index in [-0.39, 0.29) is 0 Å². The van der Waals surface area contributed by atoms with Crippen molar-refractivity contribution in [2.45, 2.75) is 37.2 Å². The van der Waals surface area contributed by atoms with Crippen molar-refractivity contribution in [2.24, 2.45) is 7.05 Å². The monoisotopic (exact) mass is 289 g/mol. The summed E-state index contributed by atoms with van der Waals surface area (Å²) in [5, 5.41) is 5.07. The van der Waals surface area contributed by atoms with Gasteiger partial charge >= 0.3 is 0 Å². The highest BCUT2D eigenvalue weighted by Gasteiger charge is 2.20. The molecule has 0 aliphatic heterocycles. The average molecular weight is 289 g/mol. The van der Waals surface area contributed by atoms with E-state index < -0.39 is 0 Å². The van der Waals surface area contributed by atoms with Gasteiger partial charge in [0.1, 0.15) is 0 Å². The van der Waals surface area contributed by atoms with E-state index in [9.17, 15) is 0 Å². The van der Waals surface area contributed by atoms with Gasteiger partial charge in [-0.25, -0.2) is 4.98 Å². The number of imidazole rings is 1. The largest absolute Gasteiger partial charge is 0.329 e. The third-order valence-corrected chi connectivity index (χ3v) is 4.65. The predicted octanol–water partition coefficient (Wildman–Crippen LogP) is 3.56. The van der Waals surface area contributed by atoms with E-state index in [1.165, 1.54) is 11.1 Å². The first-order valence-electron chi connectivity index (χ1n) is 7.05. The van der Waals surface area contributed by atoms with Crippen molar-refractivity contribution in [3.05, 3.63) is 47.8 Å². The van der Waals surface area contributed by atoms with Crippen molar-refractivity contribution in [1.29, 1.82) is 0 Å². The fourth-order valence-corrected chi connectivity index (χ4v) is 3.32. The summed E-state index contributed by atoms with van der Waals surface area (Å²) >= 11 is 1.81. The minimum absolute atomic E-state index is 0.335. The third kappa shape index (κ3) is 3.64. The van der Waals surface area contributed by atoms with E-state index in [0.717, 1.165) is 11.7 Å². The van der Waals surface area contributed by atoms with Gasteiger partial charge in [0.2, 0.25) is 0 Å². The highest BCUT2D eigenvalue weighted by atomic mass is 32.2. The molecule has 3 nitrogen and oxygen atoms in total. The molecule has 0 saturated carbocycles. The van der Waals surface area contributed by atoms with Crippen LogP contribution in [0.5, 0.6) is 0 Å². The summed E-state index contributed by atoms with van der Waals surface area (Å²) in [6, 6.07) is 9.13. The molecular weight excluding hydrogens is 266 g/mol. The Morgan fingerprint density at radius 1 is 1.30 bits per heavy atom. The molecule has 0 spiro atoms. The van der Waals surface area contributed by atoms with Crippen LogP contribution < -0.4 is 5.32 Å². The standard InChI is InChI=1S/C16H23N3S/c1-5-17-15(14-8-6-12(2)7-9-14)13(3)20-16-18-10-11-19(16)4/h6-11,13,15,17H,5H2,1-4H3. The molecule has 0 aliphatic rings. The molecule has 108 valence electrons. The van der Waals surface area contributed by atoms with Crippen molar-refractivity contribution in [3.63, 3.8) is 0 Å². The van der Waals surface area contributed by atoms with Gasteiger partial charge in [0.15, 0.2) is 5.16 Å². The van der Waals surface area contributed by atoms with Crippen LogP contribution in [0, 0.1) is 6.92 Å². The summed E-state index contributed by atoms with van der Waals surface area (Å²) in [7, 11) is 2.04. The molecule has 0 radical (unpaired) electrons. The van der Waals surface area contributed by atoms with Crippen LogP contribution in [0.15, 0.2) is 41.8 Å². The van der Waals surface area contributed by atoms with E-state index in [4.69, 9.17) is 0 Å². The first-order valence-corrected chi connectivity index (χ1v) is 7.93. The second-order valence-corrected chi connectivity index (χ2v) is 6.43. The number of aromatic nitrogens is 2. The molecule has 0 amide bonds. The van der Waals surface area contributed by atoms with Gasteiger partial charge in [-0.3, -0.25) is 0 Å². The predicted molar refractivity (Wildman–Crippen MR) is 86.1 cm³/mol. The molecule has 2 atom stereocenters. The van der Waals surface area contributed by atoms with E-state index in [0.29, 0.717) is 11.3 Å². The highest BCUT2D eigenvalue weighted by molar-refractivity contribution is 7.99. The number of aryl methyl sites for hydroxylation is 2. The van der Waals surface area contributed by atoms with Crippen LogP contribution in [0.3, 0.4) is 0 Å². The zero-order valence-corrected chi connectivity index (χ0v) is 13.4. The molecule has 0 aliphatic carbocycles. The molecule has 1 N–H and O–H groups in total. The van der Waals surface area contributed by atoms with Gasteiger partial charge in [-0.15, -0.1) is 0 Å². The lowest BCUT2D eigenvalue weighted by Crippen LogP contribution is -2.28. The van der Waals surface area contributed by atoms with Gasteiger partial charge in [-0.05, 0) is 19.0 Å². The molecule has 2 rings (SSSR count). The highest BCUT2D eigenvalue weighted by Crippen LogP contribution is 2.31. The van der Waals surface area contributed by atoms with Crippen molar-refractivity contribution >= 4 is 11.8 Å². The molecule has 0 fully saturated rings. The normalized spacial score (nSPS) is 14.2. The van der Waals surface area contributed by atoms with E-state index in [1.807, 2.05) is 31.2 Å². The van der Waals surface area contributed by atoms with Gasteiger partial charge in [0, 0.05) is 30.7 Å². The summed E-state index contributed by atoms with van der Waals surface area (Å²) < 4.78 is 2.07. The number of rotatable bonds is 6. The van der Waals surface area contributed by atoms with E-state index >= 15 is 0 Å². The van der Waals surface area contributed by atoms with Crippen LogP contribution in [-0.2, 0) is 7.05 Å². The molecule has 20 heavy (non-hydrogen) atoms. The molecule has 4 heteroatoms. The Bertz CT molecular complexity index is 533. The Morgan fingerprint density at radius 3 is 2.55 bits per heavy atom. The van der Waals surface area contributed by atoms with Gasteiger partial charge in [-0.1, -0.05) is 55.4 Å².